The van der Waals surface area contributed by atoms with Gasteiger partial charge in [-0.25, -0.2) is 4.98 Å². The van der Waals surface area contributed by atoms with Crippen LogP contribution in [0.25, 0.3) is 0 Å². The summed E-state index contributed by atoms with van der Waals surface area (Å²) in [5.74, 6) is 2.57. The Morgan fingerprint density at radius 1 is 1.35 bits per heavy atom. The molecule has 1 atom stereocenters. The van der Waals surface area contributed by atoms with Gasteiger partial charge in [0.05, 0.1) is 25.3 Å². The van der Waals surface area contributed by atoms with Crippen molar-refractivity contribution < 1.29 is 9.53 Å². The van der Waals surface area contributed by atoms with Crippen LogP contribution in [-0.4, -0.2) is 44.2 Å². The standard InChI is InChI=1S/C16H21N5O2/c1-10(2)15-19-18-13-9-20(8-11(3)21(13)15)16(22)12-5-6-14(23-4)17-7-12/h5-7,10-11H,8-9H2,1-4H3/t11-/m0/s1. The molecule has 2 aromatic heterocycles. The Morgan fingerprint density at radius 2 is 2.13 bits per heavy atom. The number of amides is 1. The summed E-state index contributed by atoms with van der Waals surface area (Å²) in [5, 5.41) is 8.55. The first-order valence-electron chi connectivity index (χ1n) is 7.74. The Kier molecular flexibility index (Phi) is 4.02. The number of nitrogens with zero attached hydrogens (tertiary/aromatic N) is 5. The molecule has 1 aliphatic rings. The number of methoxy groups -OCH3 is 1. The molecule has 0 spiro atoms. The molecule has 0 fully saturated rings. The average Bonchev–Trinajstić information content (AvgIpc) is 2.99. The maximum absolute atomic E-state index is 12.7. The van der Waals surface area contributed by atoms with Crippen LogP contribution in [0.1, 0.15) is 54.7 Å². The summed E-state index contributed by atoms with van der Waals surface area (Å²) in [6.07, 6.45) is 1.55. The Morgan fingerprint density at radius 3 is 2.74 bits per heavy atom. The Balaban J connectivity index is 1.83. The van der Waals surface area contributed by atoms with E-state index in [9.17, 15) is 4.79 Å². The van der Waals surface area contributed by atoms with E-state index in [0.717, 1.165) is 11.6 Å². The van der Waals surface area contributed by atoms with Crippen molar-refractivity contribution >= 4 is 5.91 Å². The molecule has 7 nitrogen and oxygen atoms in total. The molecule has 3 rings (SSSR count). The normalized spacial score (nSPS) is 17.3. The number of ether oxygens (including phenoxy) is 1. The third-order valence-electron chi connectivity index (χ3n) is 4.05. The molecule has 0 radical (unpaired) electrons. The maximum atomic E-state index is 12.7. The number of aromatic nitrogens is 4. The van der Waals surface area contributed by atoms with E-state index in [0.29, 0.717) is 30.5 Å². The van der Waals surface area contributed by atoms with Crippen molar-refractivity contribution in [2.24, 2.45) is 0 Å². The monoisotopic (exact) mass is 315 g/mol. The van der Waals surface area contributed by atoms with Gasteiger partial charge in [0.2, 0.25) is 5.88 Å². The van der Waals surface area contributed by atoms with Crippen LogP contribution >= 0.6 is 0 Å². The van der Waals surface area contributed by atoms with Gasteiger partial charge >= 0.3 is 0 Å². The molecular weight excluding hydrogens is 294 g/mol. The quantitative estimate of drug-likeness (QED) is 0.866. The number of pyridine rings is 1. The van der Waals surface area contributed by atoms with E-state index in [1.807, 2.05) is 0 Å². The molecule has 0 saturated heterocycles. The highest BCUT2D eigenvalue weighted by atomic mass is 16.5. The lowest BCUT2D eigenvalue weighted by Crippen LogP contribution is -2.40. The minimum Gasteiger partial charge on any atom is -0.481 e. The molecule has 1 amide bonds. The molecule has 1 aliphatic heterocycles. The molecule has 23 heavy (non-hydrogen) atoms. The zero-order valence-corrected chi connectivity index (χ0v) is 13.9. The summed E-state index contributed by atoms with van der Waals surface area (Å²) in [6, 6.07) is 3.58. The lowest BCUT2D eigenvalue weighted by Gasteiger charge is -2.33. The third kappa shape index (κ3) is 2.78. The van der Waals surface area contributed by atoms with Gasteiger partial charge in [0.1, 0.15) is 5.82 Å². The predicted molar refractivity (Wildman–Crippen MR) is 84.4 cm³/mol. The van der Waals surface area contributed by atoms with E-state index in [-0.39, 0.29) is 11.9 Å². The van der Waals surface area contributed by atoms with Gasteiger partial charge in [-0.2, -0.15) is 0 Å². The fourth-order valence-corrected chi connectivity index (χ4v) is 2.92. The summed E-state index contributed by atoms with van der Waals surface area (Å²) in [4.78, 5) is 18.6. The Hall–Kier alpha value is -2.44. The molecule has 0 bridgehead atoms. The average molecular weight is 315 g/mol. The van der Waals surface area contributed by atoms with Gasteiger partial charge in [0, 0.05) is 24.7 Å². The number of rotatable bonds is 3. The van der Waals surface area contributed by atoms with Gasteiger partial charge in [-0.1, -0.05) is 13.8 Å². The molecule has 0 aromatic carbocycles. The topological polar surface area (TPSA) is 73.1 Å². The van der Waals surface area contributed by atoms with E-state index in [1.165, 1.54) is 0 Å². The number of fused-ring (bicyclic) bond motifs is 1. The Labute approximate surface area is 135 Å². The summed E-state index contributed by atoms with van der Waals surface area (Å²) >= 11 is 0. The summed E-state index contributed by atoms with van der Waals surface area (Å²) in [7, 11) is 1.55. The highest BCUT2D eigenvalue weighted by Crippen LogP contribution is 2.26. The summed E-state index contributed by atoms with van der Waals surface area (Å²) in [5.41, 5.74) is 0.551. The lowest BCUT2D eigenvalue weighted by atomic mass is 10.1. The van der Waals surface area contributed by atoms with Crippen molar-refractivity contribution in [1.29, 1.82) is 0 Å². The van der Waals surface area contributed by atoms with Crippen LogP contribution in [-0.2, 0) is 6.54 Å². The Bertz CT molecular complexity index is 708. The van der Waals surface area contributed by atoms with Crippen molar-refractivity contribution in [2.45, 2.75) is 39.3 Å². The number of hydrogen-bond donors (Lipinski definition) is 0. The van der Waals surface area contributed by atoms with Gasteiger partial charge in [-0.3, -0.25) is 4.79 Å². The maximum Gasteiger partial charge on any atom is 0.255 e. The van der Waals surface area contributed by atoms with E-state index >= 15 is 0 Å². The van der Waals surface area contributed by atoms with Crippen LogP contribution in [0.3, 0.4) is 0 Å². The van der Waals surface area contributed by atoms with Crippen molar-refractivity contribution in [3.8, 4) is 5.88 Å². The molecule has 3 heterocycles. The van der Waals surface area contributed by atoms with Crippen LogP contribution in [0, 0.1) is 0 Å². The largest absolute Gasteiger partial charge is 0.481 e. The van der Waals surface area contributed by atoms with Crippen molar-refractivity contribution in [3.05, 3.63) is 35.5 Å². The number of carbonyl (C=O) groups is 1. The van der Waals surface area contributed by atoms with Gasteiger partial charge in [0.15, 0.2) is 5.82 Å². The van der Waals surface area contributed by atoms with Gasteiger partial charge < -0.3 is 14.2 Å². The van der Waals surface area contributed by atoms with Crippen LogP contribution < -0.4 is 4.74 Å². The zero-order valence-electron chi connectivity index (χ0n) is 13.9. The summed E-state index contributed by atoms with van der Waals surface area (Å²) < 4.78 is 7.18. The molecule has 0 N–H and O–H groups in total. The SMILES string of the molecule is COc1ccc(C(=O)N2Cc3nnc(C(C)C)n3[C@@H](C)C2)cn1. The van der Waals surface area contributed by atoms with Gasteiger partial charge in [-0.05, 0) is 13.0 Å². The first-order chi connectivity index (χ1) is 11.0. The molecule has 0 saturated carbocycles. The summed E-state index contributed by atoms with van der Waals surface area (Å²) in [6.45, 7) is 7.39. The molecule has 122 valence electrons. The third-order valence-corrected chi connectivity index (χ3v) is 4.05. The first-order valence-corrected chi connectivity index (χ1v) is 7.74. The van der Waals surface area contributed by atoms with E-state index in [1.54, 1.807) is 30.3 Å². The molecule has 0 aliphatic carbocycles. The van der Waals surface area contributed by atoms with Crippen molar-refractivity contribution in [2.75, 3.05) is 13.7 Å². The van der Waals surface area contributed by atoms with Crippen LogP contribution in [0.4, 0.5) is 0 Å². The molecule has 0 unspecified atom stereocenters. The van der Waals surface area contributed by atoms with Crippen LogP contribution in [0.15, 0.2) is 18.3 Å². The highest BCUT2D eigenvalue weighted by molar-refractivity contribution is 5.94. The first kappa shape index (κ1) is 15.5. The smallest absolute Gasteiger partial charge is 0.255 e. The van der Waals surface area contributed by atoms with E-state index < -0.39 is 0 Å². The van der Waals surface area contributed by atoms with Gasteiger partial charge in [0.25, 0.3) is 5.91 Å². The van der Waals surface area contributed by atoms with Crippen LogP contribution in [0.2, 0.25) is 0 Å². The van der Waals surface area contributed by atoms with E-state index in [2.05, 4.69) is 40.5 Å². The fraction of sp³-hybridized carbons (Fsp3) is 0.500. The fourth-order valence-electron chi connectivity index (χ4n) is 2.92. The van der Waals surface area contributed by atoms with E-state index in [4.69, 9.17) is 4.74 Å². The zero-order chi connectivity index (χ0) is 16.6. The highest BCUT2D eigenvalue weighted by Gasteiger charge is 2.30. The van der Waals surface area contributed by atoms with Gasteiger partial charge in [-0.15, -0.1) is 10.2 Å². The molecule has 2 aromatic rings. The predicted octanol–water partition coefficient (Wildman–Crippen LogP) is 2.02. The second-order valence-electron chi connectivity index (χ2n) is 6.12. The van der Waals surface area contributed by atoms with Crippen molar-refractivity contribution in [1.82, 2.24) is 24.6 Å². The molecule has 7 heteroatoms. The number of carbonyl (C=O) groups excluding carboxylic acids is 1. The minimum atomic E-state index is -0.0487. The number of hydrogen-bond acceptors (Lipinski definition) is 5. The van der Waals surface area contributed by atoms with Crippen molar-refractivity contribution in [3.63, 3.8) is 0 Å². The minimum absolute atomic E-state index is 0.0487. The van der Waals surface area contributed by atoms with Crippen LogP contribution in [0.5, 0.6) is 5.88 Å². The molecular formula is C16H21N5O2. The second-order valence-corrected chi connectivity index (χ2v) is 6.12. The lowest BCUT2D eigenvalue weighted by molar-refractivity contribution is 0.0679. The second kappa shape index (κ2) is 5.98.